The first kappa shape index (κ1) is 20.4. The lowest BCUT2D eigenvalue weighted by atomic mass is 10.1. The van der Waals surface area contributed by atoms with E-state index in [1.807, 2.05) is 6.07 Å². The van der Waals surface area contributed by atoms with Crippen molar-refractivity contribution in [3.05, 3.63) is 41.0 Å². The molecule has 26 heavy (non-hydrogen) atoms. The number of hydrogen-bond acceptors (Lipinski definition) is 6. The van der Waals surface area contributed by atoms with E-state index in [0.29, 0.717) is 42.5 Å². The Morgan fingerprint density at radius 1 is 1.46 bits per heavy atom. The lowest BCUT2D eigenvalue weighted by molar-refractivity contribution is 0.179. The summed E-state index contributed by atoms with van der Waals surface area (Å²) in [6, 6.07) is 3.26. The molecule has 0 unspecified atom stereocenters. The molecule has 0 radical (unpaired) electrons. The third-order valence-corrected chi connectivity index (χ3v) is 4.07. The highest BCUT2D eigenvalue weighted by Gasteiger charge is 2.22. The average Bonchev–Trinajstić information content (AvgIpc) is 3.16. The second-order valence-corrected chi connectivity index (χ2v) is 6.05. The second-order valence-electron chi connectivity index (χ2n) is 5.71. The van der Waals surface area contributed by atoms with Gasteiger partial charge in [-0.25, -0.2) is 4.39 Å². The number of ether oxygens (including phenoxy) is 1. The van der Waals surface area contributed by atoms with Crippen molar-refractivity contribution in [1.82, 2.24) is 14.5 Å². The molecule has 0 saturated carbocycles. The SMILES string of the molecule is COC[C@H](N)Cc1c(F)c2c(NCc3ccco3)nc(Cl)nc2n1C.Cl. The van der Waals surface area contributed by atoms with Crippen molar-refractivity contribution in [2.45, 2.75) is 19.0 Å². The van der Waals surface area contributed by atoms with Crippen LogP contribution in [-0.2, 0) is 24.8 Å². The maximum absolute atomic E-state index is 15.0. The van der Waals surface area contributed by atoms with E-state index >= 15 is 4.39 Å². The molecule has 0 aromatic carbocycles. The number of hydrogen-bond donors (Lipinski definition) is 2. The molecule has 3 aromatic rings. The van der Waals surface area contributed by atoms with Gasteiger partial charge in [-0.2, -0.15) is 9.97 Å². The van der Waals surface area contributed by atoms with Crippen LogP contribution in [0.2, 0.25) is 5.28 Å². The zero-order valence-corrected chi connectivity index (χ0v) is 15.9. The van der Waals surface area contributed by atoms with Crippen molar-refractivity contribution in [3.8, 4) is 0 Å². The predicted molar refractivity (Wildman–Crippen MR) is 100 cm³/mol. The van der Waals surface area contributed by atoms with Gasteiger partial charge in [-0.05, 0) is 23.7 Å². The number of rotatable bonds is 7. The number of aromatic nitrogens is 3. The largest absolute Gasteiger partial charge is 0.467 e. The number of fused-ring (bicyclic) bond motifs is 1. The topological polar surface area (TPSA) is 91.1 Å². The molecule has 0 aliphatic carbocycles. The molecule has 0 aliphatic rings. The Labute approximate surface area is 161 Å². The summed E-state index contributed by atoms with van der Waals surface area (Å²) in [5.41, 5.74) is 6.80. The van der Waals surface area contributed by atoms with Crippen LogP contribution in [-0.4, -0.2) is 34.3 Å². The van der Waals surface area contributed by atoms with Crippen molar-refractivity contribution >= 4 is 40.9 Å². The van der Waals surface area contributed by atoms with Crippen molar-refractivity contribution in [2.75, 3.05) is 19.0 Å². The average molecular weight is 404 g/mol. The van der Waals surface area contributed by atoms with E-state index in [0.717, 1.165) is 0 Å². The Balaban J connectivity index is 0.00000243. The van der Waals surface area contributed by atoms with E-state index in [1.54, 1.807) is 31.1 Å². The quantitative estimate of drug-likeness (QED) is 0.589. The van der Waals surface area contributed by atoms with Crippen molar-refractivity contribution in [3.63, 3.8) is 0 Å². The number of nitrogens with zero attached hydrogens (tertiary/aromatic N) is 3. The number of halogens is 3. The summed E-state index contributed by atoms with van der Waals surface area (Å²) in [6.45, 7) is 0.680. The maximum atomic E-state index is 15.0. The Morgan fingerprint density at radius 2 is 2.23 bits per heavy atom. The van der Waals surface area contributed by atoms with Crippen LogP contribution in [0.25, 0.3) is 11.0 Å². The fourth-order valence-electron chi connectivity index (χ4n) is 2.75. The Kier molecular flexibility index (Phi) is 6.82. The first-order valence-corrected chi connectivity index (χ1v) is 8.10. The Bertz CT molecular complexity index is 870. The molecule has 3 rings (SSSR count). The molecule has 0 spiro atoms. The van der Waals surface area contributed by atoms with Crippen molar-refractivity contribution < 1.29 is 13.5 Å². The normalized spacial score (nSPS) is 12.2. The van der Waals surface area contributed by atoms with Gasteiger partial charge >= 0.3 is 0 Å². The zero-order chi connectivity index (χ0) is 18.0. The summed E-state index contributed by atoms with van der Waals surface area (Å²) in [5.74, 6) is 0.593. The van der Waals surface area contributed by atoms with E-state index < -0.39 is 5.82 Å². The van der Waals surface area contributed by atoms with Crippen LogP contribution >= 0.6 is 24.0 Å². The molecule has 3 aromatic heterocycles. The highest BCUT2D eigenvalue weighted by Crippen LogP contribution is 2.30. The Morgan fingerprint density at radius 3 is 2.88 bits per heavy atom. The van der Waals surface area contributed by atoms with Gasteiger partial charge in [0.1, 0.15) is 17.2 Å². The van der Waals surface area contributed by atoms with E-state index in [9.17, 15) is 0 Å². The predicted octanol–water partition coefficient (Wildman–Crippen LogP) is 2.90. The van der Waals surface area contributed by atoms with Gasteiger partial charge in [0.15, 0.2) is 5.82 Å². The minimum absolute atomic E-state index is 0. The summed E-state index contributed by atoms with van der Waals surface area (Å²) in [6.07, 6.45) is 1.87. The molecule has 0 bridgehead atoms. The lowest BCUT2D eigenvalue weighted by Gasteiger charge is -2.11. The minimum Gasteiger partial charge on any atom is -0.467 e. The van der Waals surface area contributed by atoms with Gasteiger partial charge in [0, 0.05) is 26.6 Å². The highest BCUT2D eigenvalue weighted by molar-refractivity contribution is 6.28. The van der Waals surface area contributed by atoms with Gasteiger partial charge in [0.25, 0.3) is 0 Å². The van der Waals surface area contributed by atoms with Crippen LogP contribution in [0.5, 0.6) is 0 Å². The summed E-state index contributed by atoms with van der Waals surface area (Å²) in [4.78, 5) is 8.28. The number of anilines is 1. The molecular weight excluding hydrogens is 384 g/mol. The van der Waals surface area contributed by atoms with Gasteiger partial charge in [-0.1, -0.05) is 0 Å². The van der Waals surface area contributed by atoms with Crippen LogP contribution in [0, 0.1) is 5.82 Å². The van der Waals surface area contributed by atoms with E-state index in [2.05, 4.69) is 15.3 Å². The summed E-state index contributed by atoms with van der Waals surface area (Å²) >= 11 is 6.01. The van der Waals surface area contributed by atoms with E-state index in [-0.39, 0.29) is 29.1 Å². The van der Waals surface area contributed by atoms with Crippen LogP contribution in [0.3, 0.4) is 0 Å². The Hall–Kier alpha value is -1.87. The molecule has 0 saturated heterocycles. The molecule has 7 nitrogen and oxygen atoms in total. The van der Waals surface area contributed by atoms with Gasteiger partial charge in [0.2, 0.25) is 5.28 Å². The smallest absolute Gasteiger partial charge is 0.226 e. The molecule has 3 N–H and O–H groups in total. The standard InChI is InChI=1S/C16H19ClFN5O2.ClH/c1-23-11(6-9(19)8-24-2)13(18)12-14(21-16(17)22-15(12)23)20-7-10-4-3-5-25-10;/h3-5,9H,6-8,19H2,1-2H3,(H,20,21,22);1H/t9-;/m1./s1. The van der Waals surface area contributed by atoms with E-state index in [1.165, 1.54) is 0 Å². The second kappa shape index (κ2) is 8.68. The number of nitrogens with two attached hydrogens (primary N) is 1. The number of furan rings is 1. The van der Waals surface area contributed by atoms with Crippen molar-refractivity contribution in [2.24, 2.45) is 12.8 Å². The third kappa shape index (κ3) is 4.09. The fraction of sp³-hybridized carbons (Fsp3) is 0.375. The van der Waals surface area contributed by atoms with Gasteiger partial charge in [0.05, 0.1) is 30.5 Å². The maximum Gasteiger partial charge on any atom is 0.226 e. The molecule has 0 amide bonds. The van der Waals surface area contributed by atoms with Crippen LogP contribution in [0.4, 0.5) is 10.2 Å². The van der Waals surface area contributed by atoms with E-state index in [4.69, 9.17) is 26.5 Å². The number of methoxy groups -OCH3 is 1. The van der Waals surface area contributed by atoms with Crippen molar-refractivity contribution in [1.29, 1.82) is 0 Å². The molecule has 142 valence electrons. The first-order chi connectivity index (χ1) is 12.0. The van der Waals surface area contributed by atoms with Gasteiger partial charge < -0.3 is 24.8 Å². The molecule has 0 aliphatic heterocycles. The molecule has 10 heteroatoms. The van der Waals surface area contributed by atoms with Crippen LogP contribution in [0.15, 0.2) is 22.8 Å². The molecule has 3 heterocycles. The number of nitrogens with one attached hydrogen (secondary N) is 1. The minimum atomic E-state index is -0.414. The fourth-order valence-corrected chi connectivity index (χ4v) is 2.91. The van der Waals surface area contributed by atoms with Crippen LogP contribution in [0.1, 0.15) is 11.5 Å². The summed E-state index contributed by atoms with van der Waals surface area (Å²) in [5, 5.41) is 3.36. The third-order valence-electron chi connectivity index (χ3n) is 3.90. The number of aryl methyl sites for hydroxylation is 1. The lowest BCUT2D eigenvalue weighted by Crippen LogP contribution is -2.29. The summed E-state index contributed by atoms with van der Waals surface area (Å²) in [7, 11) is 3.28. The first-order valence-electron chi connectivity index (χ1n) is 7.72. The zero-order valence-electron chi connectivity index (χ0n) is 14.3. The highest BCUT2D eigenvalue weighted by atomic mass is 35.5. The van der Waals surface area contributed by atoms with Crippen LogP contribution < -0.4 is 11.1 Å². The van der Waals surface area contributed by atoms with Gasteiger partial charge in [-0.3, -0.25) is 0 Å². The monoisotopic (exact) mass is 403 g/mol. The molecule has 1 atom stereocenters. The molecular formula is C16H20Cl2FN5O2. The molecule has 0 fully saturated rings. The summed E-state index contributed by atoms with van der Waals surface area (Å²) < 4.78 is 27.0. The van der Waals surface area contributed by atoms with Gasteiger partial charge in [-0.15, -0.1) is 12.4 Å².